The number of hydrogen-bond acceptors (Lipinski definition) is 4. The van der Waals surface area contributed by atoms with Crippen LogP contribution in [0.3, 0.4) is 0 Å². The highest BCUT2D eigenvalue weighted by molar-refractivity contribution is 5.83. The number of carbonyl (C=O) groups is 1. The molecule has 1 amide bonds. The Morgan fingerprint density at radius 1 is 1.56 bits per heavy atom. The zero-order valence-corrected chi connectivity index (χ0v) is 10.6. The van der Waals surface area contributed by atoms with Crippen LogP contribution in [-0.4, -0.2) is 72.9 Å². The Morgan fingerprint density at radius 3 is 2.69 bits per heavy atom. The number of methoxy groups -OCH3 is 1. The molecule has 1 N–H and O–H groups in total. The van der Waals surface area contributed by atoms with Crippen molar-refractivity contribution < 1.29 is 14.6 Å². The number of hydrogen-bond donors (Lipinski definition) is 1. The molecule has 0 aliphatic carbocycles. The van der Waals surface area contributed by atoms with Crippen molar-refractivity contribution in [3.05, 3.63) is 0 Å². The average Bonchev–Trinajstić information content (AvgIpc) is 2.20. The number of carbonyl (C=O) groups excluding carboxylic acids is 1. The van der Waals surface area contributed by atoms with E-state index in [0.717, 1.165) is 0 Å². The lowest BCUT2D eigenvalue weighted by Gasteiger charge is -2.49. The molecule has 94 valence electrons. The van der Waals surface area contributed by atoms with E-state index in [1.54, 1.807) is 19.1 Å². The molecule has 0 spiro atoms. The van der Waals surface area contributed by atoms with Crippen LogP contribution in [0.2, 0.25) is 0 Å². The van der Waals surface area contributed by atoms with E-state index in [1.165, 1.54) is 0 Å². The summed E-state index contributed by atoms with van der Waals surface area (Å²) < 4.78 is 5.04. The van der Waals surface area contributed by atoms with Crippen LogP contribution in [0.5, 0.6) is 0 Å². The highest BCUT2D eigenvalue weighted by atomic mass is 16.5. The maximum Gasteiger partial charge on any atom is 0.242 e. The first kappa shape index (κ1) is 13.4. The van der Waals surface area contributed by atoms with Crippen molar-refractivity contribution in [3.63, 3.8) is 0 Å². The molecule has 1 aliphatic rings. The Bertz CT molecular complexity index is 256. The van der Waals surface area contributed by atoms with Gasteiger partial charge in [0.05, 0.1) is 13.2 Å². The third kappa shape index (κ3) is 2.53. The largest absolute Gasteiger partial charge is 0.394 e. The van der Waals surface area contributed by atoms with Crippen molar-refractivity contribution in [2.75, 3.05) is 40.5 Å². The molecule has 0 aromatic carbocycles. The van der Waals surface area contributed by atoms with E-state index < -0.39 is 6.04 Å². The third-order valence-corrected chi connectivity index (χ3v) is 3.15. The Balaban J connectivity index is 2.84. The van der Waals surface area contributed by atoms with Crippen LogP contribution >= 0.6 is 0 Å². The third-order valence-electron chi connectivity index (χ3n) is 3.15. The van der Waals surface area contributed by atoms with Gasteiger partial charge in [-0.3, -0.25) is 9.69 Å². The Hall–Kier alpha value is -0.650. The Morgan fingerprint density at radius 2 is 2.19 bits per heavy atom. The van der Waals surface area contributed by atoms with E-state index in [0.29, 0.717) is 19.7 Å². The lowest BCUT2D eigenvalue weighted by atomic mass is 9.95. The first-order valence-corrected chi connectivity index (χ1v) is 5.55. The van der Waals surface area contributed by atoms with Gasteiger partial charge in [-0.15, -0.1) is 0 Å². The van der Waals surface area contributed by atoms with Crippen LogP contribution in [0.4, 0.5) is 0 Å². The molecule has 1 aliphatic heterocycles. The fourth-order valence-corrected chi connectivity index (χ4v) is 2.38. The van der Waals surface area contributed by atoms with Crippen LogP contribution in [0.1, 0.15) is 13.8 Å². The fraction of sp³-hybridized carbons (Fsp3) is 0.909. The van der Waals surface area contributed by atoms with E-state index in [2.05, 4.69) is 13.8 Å². The SMILES string of the molecule is COCCN1C(CO)C(=O)N(C)CC1(C)C. The zero-order chi connectivity index (χ0) is 12.3. The van der Waals surface area contributed by atoms with Crippen molar-refractivity contribution in [2.24, 2.45) is 0 Å². The van der Waals surface area contributed by atoms with Gasteiger partial charge in [0.2, 0.25) is 5.91 Å². The molecule has 1 rings (SSSR count). The molecule has 1 heterocycles. The standard InChI is InChI=1S/C11H22N2O3/c1-11(2)8-12(3)10(15)9(7-14)13(11)5-6-16-4/h9,14H,5-8H2,1-4H3. The molecule has 1 atom stereocenters. The quantitative estimate of drug-likeness (QED) is 0.710. The number of piperazine rings is 1. The highest BCUT2D eigenvalue weighted by Gasteiger charge is 2.43. The second-order valence-electron chi connectivity index (χ2n) is 4.89. The summed E-state index contributed by atoms with van der Waals surface area (Å²) in [6.07, 6.45) is 0. The molecule has 5 heteroatoms. The van der Waals surface area contributed by atoms with Crippen molar-refractivity contribution in [3.8, 4) is 0 Å². The molecular formula is C11H22N2O3. The fourth-order valence-electron chi connectivity index (χ4n) is 2.38. The molecule has 0 aromatic rings. The molecule has 16 heavy (non-hydrogen) atoms. The molecule has 0 saturated carbocycles. The molecule has 5 nitrogen and oxygen atoms in total. The van der Waals surface area contributed by atoms with E-state index in [4.69, 9.17) is 4.74 Å². The van der Waals surface area contributed by atoms with Crippen molar-refractivity contribution >= 4 is 5.91 Å². The molecule has 1 fully saturated rings. The number of aliphatic hydroxyl groups is 1. The summed E-state index contributed by atoms with van der Waals surface area (Å²) in [5, 5.41) is 9.35. The summed E-state index contributed by atoms with van der Waals surface area (Å²) in [6.45, 7) is 5.91. The lowest BCUT2D eigenvalue weighted by molar-refractivity contribution is -0.151. The van der Waals surface area contributed by atoms with E-state index in [9.17, 15) is 9.90 Å². The number of ether oxygens (including phenoxy) is 1. The van der Waals surface area contributed by atoms with Gasteiger partial charge in [0.25, 0.3) is 0 Å². The van der Waals surface area contributed by atoms with Crippen molar-refractivity contribution in [2.45, 2.75) is 25.4 Å². The number of rotatable bonds is 4. The van der Waals surface area contributed by atoms with Crippen LogP contribution < -0.4 is 0 Å². The van der Waals surface area contributed by atoms with Crippen LogP contribution in [0, 0.1) is 0 Å². The molecule has 1 saturated heterocycles. The van der Waals surface area contributed by atoms with Gasteiger partial charge in [0.15, 0.2) is 0 Å². The minimum Gasteiger partial charge on any atom is -0.394 e. The van der Waals surface area contributed by atoms with Crippen LogP contribution in [0.25, 0.3) is 0 Å². The van der Waals surface area contributed by atoms with Gasteiger partial charge >= 0.3 is 0 Å². The van der Waals surface area contributed by atoms with Crippen molar-refractivity contribution in [1.82, 2.24) is 9.80 Å². The highest BCUT2D eigenvalue weighted by Crippen LogP contribution is 2.24. The summed E-state index contributed by atoms with van der Waals surface area (Å²) in [7, 11) is 3.42. The Kier molecular flexibility index (Phi) is 4.29. The predicted octanol–water partition coefficient (Wildman–Crippen LogP) is -0.454. The van der Waals surface area contributed by atoms with Gasteiger partial charge in [0, 0.05) is 32.8 Å². The van der Waals surface area contributed by atoms with Gasteiger partial charge in [-0.1, -0.05) is 0 Å². The zero-order valence-electron chi connectivity index (χ0n) is 10.6. The maximum absolute atomic E-state index is 11.9. The van der Waals surface area contributed by atoms with E-state index in [-0.39, 0.29) is 18.1 Å². The van der Waals surface area contributed by atoms with E-state index >= 15 is 0 Å². The summed E-state index contributed by atoms with van der Waals surface area (Å²) in [5.74, 6) is -0.0158. The lowest BCUT2D eigenvalue weighted by Crippen LogP contribution is -2.67. The first-order valence-electron chi connectivity index (χ1n) is 5.55. The molecular weight excluding hydrogens is 208 g/mol. The molecule has 0 bridgehead atoms. The summed E-state index contributed by atoms with van der Waals surface area (Å²) in [4.78, 5) is 15.6. The van der Waals surface area contributed by atoms with Gasteiger partial charge in [0.1, 0.15) is 6.04 Å². The van der Waals surface area contributed by atoms with Gasteiger partial charge in [-0.2, -0.15) is 0 Å². The number of amides is 1. The summed E-state index contributed by atoms with van der Waals surface area (Å²) in [6, 6.07) is -0.441. The predicted molar refractivity (Wildman–Crippen MR) is 61.2 cm³/mol. The molecule has 0 aromatic heterocycles. The Labute approximate surface area is 97.0 Å². The normalized spacial score (nSPS) is 26.2. The van der Waals surface area contributed by atoms with Crippen LogP contribution in [0.15, 0.2) is 0 Å². The van der Waals surface area contributed by atoms with Crippen molar-refractivity contribution in [1.29, 1.82) is 0 Å². The topological polar surface area (TPSA) is 53.0 Å². The summed E-state index contributed by atoms with van der Waals surface area (Å²) >= 11 is 0. The minimum atomic E-state index is -0.441. The number of likely N-dealkylation sites (N-methyl/N-ethyl adjacent to an activating group) is 1. The van der Waals surface area contributed by atoms with Gasteiger partial charge in [-0.25, -0.2) is 0 Å². The van der Waals surface area contributed by atoms with E-state index in [1.807, 2.05) is 4.90 Å². The van der Waals surface area contributed by atoms with Crippen LogP contribution in [-0.2, 0) is 9.53 Å². The second kappa shape index (κ2) is 5.12. The average molecular weight is 230 g/mol. The summed E-state index contributed by atoms with van der Waals surface area (Å²) in [5.41, 5.74) is -0.130. The number of aliphatic hydroxyl groups excluding tert-OH is 1. The monoisotopic (exact) mass is 230 g/mol. The first-order chi connectivity index (χ1) is 7.44. The maximum atomic E-state index is 11.9. The molecule has 1 unspecified atom stereocenters. The van der Waals surface area contributed by atoms with Gasteiger partial charge < -0.3 is 14.7 Å². The molecule has 0 radical (unpaired) electrons. The number of nitrogens with zero attached hydrogens (tertiary/aromatic N) is 2. The minimum absolute atomic E-state index is 0.0158. The smallest absolute Gasteiger partial charge is 0.242 e. The van der Waals surface area contributed by atoms with Gasteiger partial charge in [-0.05, 0) is 13.8 Å². The second-order valence-corrected chi connectivity index (χ2v) is 4.89.